The Morgan fingerprint density at radius 2 is 1.85 bits per heavy atom. The largest absolute Gasteiger partial charge is 0.493 e. The van der Waals surface area contributed by atoms with Gasteiger partial charge in [-0.3, -0.25) is 4.79 Å². The fraction of sp³-hybridized carbons (Fsp3) is 0.406. The SMILES string of the molecule is Cc1cc(OCCC(C)(C)O)cc(C)c1-c1ccc(F)c2c1CCC2Oc1ccc2c(c1)OC[C@H]2CC(=O)O. The van der Waals surface area contributed by atoms with E-state index in [1.54, 1.807) is 19.9 Å². The molecule has 0 saturated carbocycles. The Morgan fingerprint density at radius 1 is 1.10 bits per heavy atom. The van der Waals surface area contributed by atoms with Gasteiger partial charge in [-0.25, -0.2) is 4.39 Å². The first-order chi connectivity index (χ1) is 18.5. The van der Waals surface area contributed by atoms with Gasteiger partial charge in [0.15, 0.2) is 0 Å². The standard InChI is InChI=1S/C32H35FO6/c1-18-13-22(37-12-11-32(3,4)36)14-19(2)30(18)24-7-9-26(33)31-25(24)8-10-27(31)39-21-5-6-23-20(15-29(34)35)17-38-28(23)16-21/h5-7,9,13-14,16,20,27,36H,8,10-12,15,17H2,1-4H3,(H,34,35)/t20-,27?/m1/s1. The molecule has 1 unspecified atom stereocenters. The zero-order chi connectivity index (χ0) is 27.9. The lowest BCUT2D eigenvalue weighted by molar-refractivity contribution is -0.137. The maximum absolute atomic E-state index is 15.2. The van der Waals surface area contributed by atoms with Crippen molar-refractivity contribution in [2.75, 3.05) is 13.2 Å². The van der Waals surface area contributed by atoms with E-state index in [0.29, 0.717) is 49.5 Å². The number of ether oxygens (including phenoxy) is 3. The molecule has 1 heterocycles. The number of carboxylic acid groups (broad SMARTS) is 1. The van der Waals surface area contributed by atoms with Crippen molar-refractivity contribution in [3.8, 4) is 28.4 Å². The summed E-state index contributed by atoms with van der Waals surface area (Å²) in [6.45, 7) is 8.34. The lowest BCUT2D eigenvalue weighted by Crippen LogP contribution is -2.21. The molecule has 0 aromatic heterocycles. The molecule has 0 saturated heterocycles. The number of hydrogen-bond donors (Lipinski definition) is 2. The minimum atomic E-state index is -0.857. The highest BCUT2D eigenvalue weighted by Gasteiger charge is 2.32. The maximum atomic E-state index is 15.2. The highest BCUT2D eigenvalue weighted by molar-refractivity contribution is 5.76. The average molecular weight is 535 g/mol. The molecule has 0 fully saturated rings. The van der Waals surface area contributed by atoms with Crippen LogP contribution in [0.15, 0.2) is 42.5 Å². The van der Waals surface area contributed by atoms with Gasteiger partial charge in [0.2, 0.25) is 0 Å². The van der Waals surface area contributed by atoms with Crippen molar-refractivity contribution >= 4 is 5.97 Å². The van der Waals surface area contributed by atoms with Gasteiger partial charge in [0.25, 0.3) is 0 Å². The van der Waals surface area contributed by atoms with Crippen LogP contribution in [0.25, 0.3) is 11.1 Å². The van der Waals surface area contributed by atoms with Crippen LogP contribution in [0.4, 0.5) is 4.39 Å². The molecule has 3 aromatic rings. The fourth-order valence-corrected chi connectivity index (χ4v) is 5.75. The third kappa shape index (κ3) is 5.74. The Bertz CT molecular complexity index is 1380. The molecule has 2 N–H and O–H groups in total. The molecule has 0 spiro atoms. The summed E-state index contributed by atoms with van der Waals surface area (Å²) in [6.07, 6.45) is 1.46. The molecule has 2 aliphatic rings. The van der Waals surface area contributed by atoms with E-state index in [0.717, 1.165) is 39.1 Å². The summed E-state index contributed by atoms with van der Waals surface area (Å²) in [4.78, 5) is 11.1. The zero-order valence-electron chi connectivity index (χ0n) is 22.8. The second-order valence-electron chi connectivity index (χ2n) is 11.3. The molecule has 39 heavy (non-hydrogen) atoms. The van der Waals surface area contributed by atoms with Gasteiger partial charge in [0.05, 0.1) is 25.2 Å². The summed E-state index contributed by atoms with van der Waals surface area (Å²) in [7, 11) is 0. The van der Waals surface area contributed by atoms with Crippen molar-refractivity contribution in [3.05, 3.63) is 76.1 Å². The molecule has 7 heteroatoms. The first-order valence-corrected chi connectivity index (χ1v) is 13.4. The van der Waals surface area contributed by atoms with Crippen LogP contribution in [0.2, 0.25) is 0 Å². The number of benzene rings is 3. The zero-order valence-corrected chi connectivity index (χ0v) is 22.8. The maximum Gasteiger partial charge on any atom is 0.304 e. The van der Waals surface area contributed by atoms with Gasteiger partial charge in [0.1, 0.15) is 29.2 Å². The normalized spacial score (nSPS) is 17.9. The second-order valence-corrected chi connectivity index (χ2v) is 11.3. The van der Waals surface area contributed by atoms with Gasteiger partial charge in [0, 0.05) is 29.5 Å². The number of hydrogen-bond acceptors (Lipinski definition) is 5. The second kappa shape index (κ2) is 10.5. The molecule has 3 aromatic carbocycles. The summed E-state index contributed by atoms with van der Waals surface area (Å²) in [5.74, 6) is 0.640. The Balaban J connectivity index is 1.38. The van der Waals surface area contributed by atoms with Crippen molar-refractivity contribution in [2.24, 2.45) is 0 Å². The van der Waals surface area contributed by atoms with Crippen LogP contribution in [0.5, 0.6) is 17.2 Å². The number of aryl methyl sites for hydroxylation is 2. The number of aliphatic hydroxyl groups is 1. The third-order valence-electron chi connectivity index (χ3n) is 7.60. The van der Waals surface area contributed by atoms with Gasteiger partial charge >= 0.3 is 5.97 Å². The third-order valence-corrected chi connectivity index (χ3v) is 7.60. The molecule has 6 nitrogen and oxygen atoms in total. The smallest absolute Gasteiger partial charge is 0.304 e. The lowest BCUT2D eigenvalue weighted by Gasteiger charge is -2.20. The highest BCUT2D eigenvalue weighted by atomic mass is 19.1. The van der Waals surface area contributed by atoms with E-state index < -0.39 is 17.7 Å². The molecule has 2 atom stereocenters. The van der Waals surface area contributed by atoms with Gasteiger partial charge in [-0.1, -0.05) is 12.1 Å². The monoisotopic (exact) mass is 534 g/mol. The number of carboxylic acids is 1. The molecule has 0 amide bonds. The Labute approximate surface area is 228 Å². The van der Waals surface area contributed by atoms with Gasteiger partial charge in [-0.2, -0.15) is 0 Å². The molecular formula is C32H35FO6. The summed E-state index contributed by atoms with van der Waals surface area (Å²) in [5.41, 5.74) is 5.77. The molecule has 0 bridgehead atoms. The average Bonchev–Trinajstić information content (AvgIpc) is 3.44. The number of fused-ring (bicyclic) bond motifs is 2. The van der Waals surface area contributed by atoms with Crippen molar-refractivity contribution in [2.45, 2.75) is 71.0 Å². The molecule has 1 aliphatic carbocycles. The topological polar surface area (TPSA) is 85.2 Å². The summed E-state index contributed by atoms with van der Waals surface area (Å²) in [5, 5.41) is 19.1. The van der Waals surface area contributed by atoms with E-state index in [-0.39, 0.29) is 18.2 Å². The van der Waals surface area contributed by atoms with Crippen molar-refractivity contribution in [3.63, 3.8) is 0 Å². The van der Waals surface area contributed by atoms with Crippen LogP contribution in [-0.4, -0.2) is 35.0 Å². The minimum absolute atomic E-state index is 0.0178. The van der Waals surface area contributed by atoms with E-state index in [4.69, 9.17) is 19.3 Å². The Kier molecular flexibility index (Phi) is 7.29. The van der Waals surface area contributed by atoms with E-state index >= 15 is 4.39 Å². The van der Waals surface area contributed by atoms with Crippen LogP contribution < -0.4 is 14.2 Å². The number of halogens is 1. The lowest BCUT2D eigenvalue weighted by atomic mass is 9.90. The quantitative estimate of drug-likeness (QED) is 0.319. The first kappa shape index (κ1) is 27.0. The van der Waals surface area contributed by atoms with E-state index in [1.165, 1.54) is 6.07 Å². The van der Waals surface area contributed by atoms with Crippen molar-refractivity contribution in [1.29, 1.82) is 0 Å². The van der Waals surface area contributed by atoms with Gasteiger partial charge in [-0.15, -0.1) is 0 Å². The highest BCUT2D eigenvalue weighted by Crippen LogP contribution is 2.45. The number of carbonyl (C=O) groups is 1. The van der Waals surface area contributed by atoms with E-state index in [1.807, 2.05) is 44.2 Å². The van der Waals surface area contributed by atoms with Crippen molar-refractivity contribution in [1.82, 2.24) is 0 Å². The van der Waals surface area contributed by atoms with Crippen LogP contribution in [0, 0.1) is 19.7 Å². The molecular weight excluding hydrogens is 499 g/mol. The number of aliphatic carboxylic acids is 1. The number of rotatable bonds is 9. The van der Waals surface area contributed by atoms with Gasteiger partial charge in [-0.05, 0) is 92.6 Å². The van der Waals surface area contributed by atoms with Crippen molar-refractivity contribution < 1.29 is 33.6 Å². The fourth-order valence-electron chi connectivity index (χ4n) is 5.75. The van der Waals surface area contributed by atoms with Crippen LogP contribution in [0.3, 0.4) is 0 Å². The minimum Gasteiger partial charge on any atom is -0.493 e. The summed E-state index contributed by atoms with van der Waals surface area (Å²) < 4.78 is 33.2. The summed E-state index contributed by atoms with van der Waals surface area (Å²) >= 11 is 0. The predicted octanol–water partition coefficient (Wildman–Crippen LogP) is 6.67. The van der Waals surface area contributed by atoms with E-state index in [9.17, 15) is 9.90 Å². The van der Waals surface area contributed by atoms with Crippen LogP contribution in [-0.2, 0) is 11.2 Å². The molecule has 206 valence electrons. The first-order valence-electron chi connectivity index (χ1n) is 13.4. The van der Waals surface area contributed by atoms with E-state index in [2.05, 4.69) is 0 Å². The van der Waals surface area contributed by atoms with Crippen LogP contribution in [0.1, 0.15) is 72.9 Å². The molecule has 0 radical (unpaired) electrons. The predicted molar refractivity (Wildman–Crippen MR) is 146 cm³/mol. The van der Waals surface area contributed by atoms with Crippen LogP contribution >= 0.6 is 0 Å². The van der Waals surface area contributed by atoms with Gasteiger partial charge < -0.3 is 24.4 Å². The summed E-state index contributed by atoms with van der Waals surface area (Å²) in [6, 6.07) is 12.8. The Hall–Kier alpha value is -3.58. The molecule has 1 aliphatic heterocycles. The molecule has 5 rings (SSSR count). The Morgan fingerprint density at radius 3 is 2.54 bits per heavy atom.